The van der Waals surface area contributed by atoms with Crippen LogP contribution in [0, 0.1) is 0 Å². The minimum absolute atomic E-state index is 0.123. The summed E-state index contributed by atoms with van der Waals surface area (Å²) in [6, 6.07) is 7.21. The molecule has 0 saturated heterocycles. The highest BCUT2D eigenvalue weighted by Gasteiger charge is 2.26. The first-order valence-electron chi connectivity index (χ1n) is 10.7. The number of alkyl carbamates (subject to hydrolysis) is 1. The average Bonchev–Trinajstić information content (AvgIpc) is 2.70. The molecule has 8 nitrogen and oxygen atoms in total. The Kier molecular flexibility index (Phi) is 11.3. The van der Waals surface area contributed by atoms with Crippen LogP contribution in [-0.4, -0.2) is 46.7 Å². The van der Waals surface area contributed by atoms with E-state index in [0.717, 1.165) is 23.7 Å². The minimum Gasteiger partial charge on any atom is -0.444 e. The lowest BCUT2D eigenvalue weighted by atomic mass is 10.1. The van der Waals surface area contributed by atoms with Gasteiger partial charge >= 0.3 is 6.09 Å². The van der Waals surface area contributed by atoms with E-state index in [0.29, 0.717) is 12.2 Å². The lowest BCUT2D eigenvalue weighted by Gasteiger charge is -2.23. The van der Waals surface area contributed by atoms with E-state index in [9.17, 15) is 19.2 Å². The normalized spacial score (nSPS) is 13.9. The molecule has 0 spiro atoms. The van der Waals surface area contributed by atoms with Crippen molar-refractivity contribution in [2.24, 2.45) is 0 Å². The third-order valence-electron chi connectivity index (χ3n) is 4.28. The lowest BCUT2D eigenvalue weighted by molar-refractivity contribution is -0.130. The summed E-state index contributed by atoms with van der Waals surface area (Å²) in [4.78, 5) is 49.4. The standard InChI is InChI=1S/C23H35N3O5S/c1-7-11-18(21(29)32-14-17-12-9-8-10-13-17)26-20(28)15(2)24-19(27)16(3)25-22(30)31-23(4,5)6/h8-10,12-13,15-16,18H,7,11,14H2,1-6H3,(H,24,27)(H,25,30)(H,26,28)/t15-,16-,18-/m0/s1. The first kappa shape index (κ1) is 27.5. The van der Waals surface area contributed by atoms with Gasteiger partial charge in [-0.05, 0) is 46.6 Å². The number of nitrogens with one attached hydrogen (secondary N) is 3. The second kappa shape index (κ2) is 13.1. The molecule has 0 saturated carbocycles. The maximum Gasteiger partial charge on any atom is 0.408 e. The second-order valence-electron chi connectivity index (χ2n) is 8.54. The summed E-state index contributed by atoms with van der Waals surface area (Å²) in [6.07, 6.45) is 0.505. The molecular weight excluding hydrogens is 430 g/mol. The van der Waals surface area contributed by atoms with Crippen LogP contribution in [0.2, 0.25) is 0 Å². The van der Waals surface area contributed by atoms with Crippen LogP contribution in [0.4, 0.5) is 4.79 Å². The maximum absolute atomic E-state index is 12.6. The van der Waals surface area contributed by atoms with Gasteiger partial charge in [0.25, 0.3) is 0 Å². The summed E-state index contributed by atoms with van der Waals surface area (Å²) in [5.74, 6) is -0.471. The van der Waals surface area contributed by atoms with E-state index in [1.807, 2.05) is 37.3 Å². The quantitative estimate of drug-likeness (QED) is 0.489. The molecular formula is C23H35N3O5S. The molecule has 32 heavy (non-hydrogen) atoms. The minimum atomic E-state index is -0.894. The van der Waals surface area contributed by atoms with Crippen LogP contribution in [0.1, 0.15) is 59.9 Å². The van der Waals surface area contributed by atoms with E-state index in [1.54, 1.807) is 20.8 Å². The van der Waals surface area contributed by atoms with Gasteiger partial charge in [-0.15, -0.1) is 0 Å². The number of benzene rings is 1. The Morgan fingerprint density at radius 2 is 1.50 bits per heavy atom. The van der Waals surface area contributed by atoms with Crippen molar-refractivity contribution in [3.63, 3.8) is 0 Å². The summed E-state index contributed by atoms with van der Waals surface area (Å²) in [7, 11) is 0. The average molecular weight is 466 g/mol. The number of amides is 3. The molecule has 1 rings (SSSR count). The van der Waals surface area contributed by atoms with Gasteiger partial charge in [-0.25, -0.2) is 4.79 Å². The smallest absolute Gasteiger partial charge is 0.408 e. The fourth-order valence-corrected chi connectivity index (χ4v) is 3.50. The van der Waals surface area contributed by atoms with Crippen molar-refractivity contribution in [2.75, 3.05) is 0 Å². The first-order chi connectivity index (χ1) is 14.9. The highest BCUT2D eigenvalue weighted by atomic mass is 32.2. The maximum atomic E-state index is 12.6. The number of hydrogen-bond acceptors (Lipinski definition) is 6. The molecule has 0 aromatic heterocycles. The van der Waals surface area contributed by atoms with E-state index in [1.165, 1.54) is 13.8 Å². The van der Waals surface area contributed by atoms with Crippen LogP contribution in [0.3, 0.4) is 0 Å². The number of thioether (sulfide) groups is 1. The zero-order chi connectivity index (χ0) is 24.3. The third kappa shape index (κ3) is 10.7. The zero-order valence-corrected chi connectivity index (χ0v) is 20.5. The molecule has 3 N–H and O–H groups in total. The molecule has 0 heterocycles. The molecule has 0 aliphatic rings. The van der Waals surface area contributed by atoms with Gasteiger partial charge in [0.2, 0.25) is 16.9 Å². The Balaban J connectivity index is 2.57. The molecule has 0 aliphatic carbocycles. The molecule has 0 radical (unpaired) electrons. The zero-order valence-electron chi connectivity index (χ0n) is 19.7. The van der Waals surface area contributed by atoms with Gasteiger partial charge < -0.3 is 20.7 Å². The van der Waals surface area contributed by atoms with E-state index in [-0.39, 0.29) is 5.12 Å². The first-order valence-corrected chi connectivity index (χ1v) is 11.7. The predicted octanol–water partition coefficient (Wildman–Crippen LogP) is 3.15. The van der Waals surface area contributed by atoms with Gasteiger partial charge in [0.15, 0.2) is 0 Å². The molecule has 0 unspecified atom stereocenters. The molecule has 3 amide bonds. The van der Waals surface area contributed by atoms with E-state index < -0.39 is 41.6 Å². The fraction of sp³-hybridized carbons (Fsp3) is 0.565. The summed E-state index contributed by atoms with van der Waals surface area (Å²) >= 11 is 1.16. The second-order valence-corrected chi connectivity index (χ2v) is 9.52. The van der Waals surface area contributed by atoms with Gasteiger partial charge in [0.1, 0.15) is 17.7 Å². The van der Waals surface area contributed by atoms with Crippen molar-refractivity contribution in [1.82, 2.24) is 16.0 Å². The van der Waals surface area contributed by atoms with Crippen LogP contribution < -0.4 is 16.0 Å². The fourth-order valence-electron chi connectivity index (χ4n) is 2.62. The lowest BCUT2D eigenvalue weighted by Crippen LogP contribution is -2.54. The highest BCUT2D eigenvalue weighted by molar-refractivity contribution is 8.13. The van der Waals surface area contributed by atoms with E-state index >= 15 is 0 Å². The van der Waals surface area contributed by atoms with Gasteiger partial charge in [-0.3, -0.25) is 14.4 Å². The van der Waals surface area contributed by atoms with Crippen molar-refractivity contribution >= 4 is 34.8 Å². The van der Waals surface area contributed by atoms with Gasteiger partial charge in [-0.2, -0.15) is 0 Å². The molecule has 0 fully saturated rings. The van der Waals surface area contributed by atoms with Crippen LogP contribution in [-0.2, 0) is 24.9 Å². The summed E-state index contributed by atoms with van der Waals surface area (Å²) < 4.78 is 5.12. The molecule has 9 heteroatoms. The molecule has 1 aromatic carbocycles. The van der Waals surface area contributed by atoms with Crippen LogP contribution in [0.5, 0.6) is 0 Å². The topological polar surface area (TPSA) is 114 Å². The van der Waals surface area contributed by atoms with Gasteiger partial charge in [0, 0.05) is 5.75 Å². The number of rotatable bonds is 10. The Morgan fingerprint density at radius 3 is 2.06 bits per heavy atom. The van der Waals surface area contributed by atoms with E-state index in [2.05, 4.69) is 16.0 Å². The van der Waals surface area contributed by atoms with Crippen LogP contribution in [0.15, 0.2) is 30.3 Å². The SMILES string of the molecule is CCC[C@H](NC(=O)[C@H](C)NC(=O)[C@H](C)NC(=O)OC(C)(C)C)C(=O)SCc1ccccc1. The number of ether oxygens (including phenoxy) is 1. The summed E-state index contributed by atoms with van der Waals surface area (Å²) in [5.41, 5.74) is 0.340. The van der Waals surface area contributed by atoms with Crippen molar-refractivity contribution in [1.29, 1.82) is 0 Å². The number of carbonyl (C=O) groups excluding carboxylic acids is 4. The third-order valence-corrected chi connectivity index (χ3v) is 5.33. The molecule has 1 aromatic rings. The van der Waals surface area contributed by atoms with Crippen molar-refractivity contribution < 1.29 is 23.9 Å². The van der Waals surface area contributed by atoms with Crippen molar-refractivity contribution in [3.8, 4) is 0 Å². The van der Waals surface area contributed by atoms with Gasteiger partial charge in [-0.1, -0.05) is 55.4 Å². The largest absolute Gasteiger partial charge is 0.444 e. The molecule has 3 atom stereocenters. The van der Waals surface area contributed by atoms with Crippen molar-refractivity contribution in [2.45, 2.75) is 83.9 Å². The number of carbonyl (C=O) groups is 4. The number of hydrogen-bond donors (Lipinski definition) is 3. The Labute approximate surface area is 194 Å². The summed E-state index contributed by atoms with van der Waals surface area (Å²) in [6.45, 7) is 10.1. The summed E-state index contributed by atoms with van der Waals surface area (Å²) in [5, 5.41) is 7.59. The molecule has 0 aliphatic heterocycles. The van der Waals surface area contributed by atoms with Crippen LogP contribution in [0.25, 0.3) is 0 Å². The highest BCUT2D eigenvalue weighted by Crippen LogP contribution is 2.16. The van der Waals surface area contributed by atoms with E-state index in [4.69, 9.17) is 4.74 Å². The Morgan fingerprint density at radius 1 is 0.938 bits per heavy atom. The predicted molar refractivity (Wildman–Crippen MR) is 126 cm³/mol. The van der Waals surface area contributed by atoms with Crippen LogP contribution >= 0.6 is 11.8 Å². The monoisotopic (exact) mass is 465 g/mol. The Hall–Kier alpha value is -2.55. The van der Waals surface area contributed by atoms with Crippen molar-refractivity contribution in [3.05, 3.63) is 35.9 Å². The molecule has 178 valence electrons. The Bertz CT molecular complexity index is 780. The van der Waals surface area contributed by atoms with Gasteiger partial charge in [0.05, 0.1) is 6.04 Å². The molecule has 0 bridgehead atoms.